The lowest BCUT2D eigenvalue weighted by Crippen LogP contribution is -2.03. The average molecular weight is 378 g/mol. The maximum absolute atomic E-state index is 12.8. The highest BCUT2D eigenvalue weighted by Crippen LogP contribution is 2.31. The highest BCUT2D eigenvalue weighted by atomic mass is 35.5. The Kier molecular flexibility index (Phi) is 5.52. The number of hydrogen-bond donors (Lipinski definition) is 0. The highest BCUT2D eigenvalue weighted by molar-refractivity contribution is 6.30. The number of nitrogens with zero attached hydrogens (tertiary/aromatic N) is 3. The summed E-state index contributed by atoms with van der Waals surface area (Å²) >= 11 is 6.10. The Hall–Kier alpha value is -2.47. The third-order valence-corrected chi connectivity index (χ3v) is 4.13. The lowest BCUT2D eigenvalue weighted by Gasteiger charge is -2.12. The summed E-state index contributed by atoms with van der Waals surface area (Å²) in [6.45, 7) is 4.46. The summed E-state index contributed by atoms with van der Waals surface area (Å²) in [6.07, 6.45) is 0.464. The molecule has 0 radical (unpaired) electrons. The number of rotatable bonds is 6. The quantitative estimate of drug-likeness (QED) is 0.585. The molecule has 0 aliphatic carbocycles. The highest BCUT2D eigenvalue weighted by Gasteiger charge is 2.15. The normalized spacial score (nSPS) is 11.2. The topological polar surface area (TPSA) is 39.9 Å². The first-order valence-electron chi connectivity index (χ1n) is 8.17. The van der Waals surface area contributed by atoms with E-state index in [1.165, 1.54) is 6.20 Å². The largest absolute Gasteiger partial charge is 0.478 e. The van der Waals surface area contributed by atoms with Crippen molar-refractivity contribution in [2.24, 2.45) is 0 Å². The monoisotopic (exact) mass is 377 g/mol. The van der Waals surface area contributed by atoms with E-state index in [1.54, 1.807) is 23.8 Å². The minimum Gasteiger partial charge on any atom is -0.478 e. The van der Waals surface area contributed by atoms with E-state index in [4.69, 9.17) is 16.3 Å². The molecule has 2 aromatic heterocycles. The lowest BCUT2D eigenvalue weighted by molar-refractivity contribution is 0.146. The van der Waals surface area contributed by atoms with Gasteiger partial charge < -0.3 is 9.30 Å². The van der Waals surface area contributed by atoms with Crippen molar-refractivity contribution in [1.29, 1.82) is 0 Å². The number of aromatic nitrogens is 3. The smallest absolute Gasteiger partial charge is 0.281 e. The molecule has 0 aliphatic rings. The summed E-state index contributed by atoms with van der Waals surface area (Å²) in [5.41, 5.74) is 2.31. The number of hydrogen-bond acceptors (Lipinski definition) is 3. The molecule has 0 saturated carbocycles. The van der Waals surface area contributed by atoms with Gasteiger partial charge in [0, 0.05) is 23.0 Å². The van der Waals surface area contributed by atoms with Gasteiger partial charge in [0.2, 0.25) is 5.88 Å². The molecular weight excluding hydrogens is 360 g/mol. The van der Waals surface area contributed by atoms with Crippen LogP contribution in [0.5, 0.6) is 5.88 Å². The van der Waals surface area contributed by atoms with Gasteiger partial charge in [0.25, 0.3) is 6.43 Å². The van der Waals surface area contributed by atoms with E-state index in [9.17, 15) is 8.78 Å². The van der Waals surface area contributed by atoms with Crippen molar-refractivity contribution >= 4 is 11.6 Å². The van der Waals surface area contributed by atoms with Crippen molar-refractivity contribution in [2.45, 2.75) is 26.8 Å². The zero-order valence-electron chi connectivity index (χ0n) is 14.4. The van der Waals surface area contributed by atoms with E-state index in [0.717, 1.165) is 16.7 Å². The van der Waals surface area contributed by atoms with Gasteiger partial charge in [-0.3, -0.25) is 0 Å². The predicted octanol–water partition coefficient (Wildman–Crippen LogP) is 5.29. The van der Waals surface area contributed by atoms with Gasteiger partial charge in [0.15, 0.2) is 0 Å². The molecule has 2 heterocycles. The van der Waals surface area contributed by atoms with Crippen LogP contribution in [0.4, 0.5) is 8.78 Å². The first kappa shape index (κ1) is 18.3. The number of aryl methyl sites for hydroxylation is 1. The fourth-order valence-corrected chi connectivity index (χ4v) is 2.88. The first-order valence-corrected chi connectivity index (χ1v) is 8.55. The van der Waals surface area contributed by atoms with Crippen molar-refractivity contribution in [1.82, 2.24) is 14.5 Å². The molecule has 0 bridgehead atoms. The van der Waals surface area contributed by atoms with Gasteiger partial charge in [-0.05, 0) is 43.2 Å². The van der Waals surface area contributed by atoms with Gasteiger partial charge >= 0.3 is 0 Å². The van der Waals surface area contributed by atoms with Gasteiger partial charge in [0.05, 0.1) is 13.2 Å². The fraction of sp³-hybridized carbons (Fsp3) is 0.263. The van der Waals surface area contributed by atoms with Crippen LogP contribution >= 0.6 is 11.6 Å². The van der Waals surface area contributed by atoms with Gasteiger partial charge in [0.1, 0.15) is 11.5 Å². The van der Waals surface area contributed by atoms with Crippen LogP contribution in [0.1, 0.15) is 30.4 Å². The minimum atomic E-state index is -2.59. The molecule has 0 amide bonds. The summed E-state index contributed by atoms with van der Waals surface area (Å²) in [5.74, 6) is 1.03. The Morgan fingerprint density at radius 3 is 2.73 bits per heavy atom. The molecule has 136 valence electrons. The van der Waals surface area contributed by atoms with Crippen LogP contribution in [0.3, 0.4) is 0 Å². The summed E-state index contributed by atoms with van der Waals surface area (Å²) in [7, 11) is 0. The van der Waals surface area contributed by atoms with E-state index in [2.05, 4.69) is 9.97 Å². The van der Waals surface area contributed by atoms with E-state index < -0.39 is 6.43 Å². The van der Waals surface area contributed by atoms with E-state index >= 15 is 0 Å². The van der Waals surface area contributed by atoms with Gasteiger partial charge in [-0.2, -0.15) is 0 Å². The Morgan fingerprint density at radius 2 is 2.08 bits per heavy atom. The van der Waals surface area contributed by atoms with Crippen molar-refractivity contribution < 1.29 is 13.5 Å². The van der Waals surface area contributed by atoms with Crippen LogP contribution in [0.2, 0.25) is 5.02 Å². The molecule has 0 saturated heterocycles. The second kappa shape index (κ2) is 7.83. The SMILES string of the molecule is CCOc1ncc(Cn2cc(C(F)F)nc2C)cc1-c1cccc(Cl)c1. The number of alkyl halides is 2. The number of imidazole rings is 1. The molecule has 26 heavy (non-hydrogen) atoms. The molecule has 4 nitrogen and oxygen atoms in total. The maximum Gasteiger partial charge on any atom is 0.281 e. The van der Waals surface area contributed by atoms with Crippen LogP contribution in [0, 0.1) is 6.92 Å². The second-order valence-corrected chi connectivity index (χ2v) is 6.22. The van der Waals surface area contributed by atoms with Gasteiger partial charge in [-0.15, -0.1) is 0 Å². The van der Waals surface area contributed by atoms with Crippen molar-refractivity contribution in [3.63, 3.8) is 0 Å². The van der Waals surface area contributed by atoms with E-state index in [0.29, 0.717) is 29.9 Å². The molecular formula is C19H18ClF2N3O. The number of halogens is 3. The zero-order valence-corrected chi connectivity index (χ0v) is 15.2. The standard InChI is InChI=1S/C19H18ClF2N3O/c1-3-26-19-16(14-5-4-6-15(20)8-14)7-13(9-23-19)10-25-11-17(18(21)22)24-12(25)2/h4-9,11,18H,3,10H2,1-2H3. The fourth-order valence-electron chi connectivity index (χ4n) is 2.69. The maximum atomic E-state index is 12.8. The molecule has 0 N–H and O–H groups in total. The van der Waals surface area contributed by atoms with Crippen LogP contribution in [-0.2, 0) is 6.54 Å². The third-order valence-electron chi connectivity index (χ3n) is 3.90. The Bertz CT molecular complexity index is 912. The van der Waals surface area contributed by atoms with Crippen LogP contribution in [0.25, 0.3) is 11.1 Å². The van der Waals surface area contributed by atoms with Crippen molar-refractivity contribution in [3.8, 4) is 17.0 Å². The van der Waals surface area contributed by atoms with Crippen LogP contribution < -0.4 is 4.74 Å². The number of pyridine rings is 1. The average Bonchev–Trinajstić information content (AvgIpc) is 2.97. The van der Waals surface area contributed by atoms with Crippen LogP contribution in [0.15, 0.2) is 42.7 Å². The Balaban J connectivity index is 1.98. The molecule has 0 aliphatic heterocycles. The van der Waals surface area contributed by atoms with Crippen molar-refractivity contribution in [2.75, 3.05) is 6.61 Å². The molecule has 0 atom stereocenters. The predicted molar refractivity (Wildman–Crippen MR) is 96.9 cm³/mol. The minimum absolute atomic E-state index is 0.225. The molecule has 7 heteroatoms. The molecule has 3 aromatic rings. The van der Waals surface area contributed by atoms with E-state index in [-0.39, 0.29) is 5.69 Å². The lowest BCUT2D eigenvalue weighted by atomic mass is 10.1. The number of ether oxygens (including phenoxy) is 1. The molecule has 3 rings (SSSR count). The molecule has 0 fully saturated rings. The molecule has 0 unspecified atom stereocenters. The molecule has 1 aromatic carbocycles. The summed E-state index contributed by atoms with van der Waals surface area (Å²) in [6, 6.07) is 9.35. The second-order valence-electron chi connectivity index (χ2n) is 5.78. The van der Waals surface area contributed by atoms with Crippen LogP contribution in [-0.4, -0.2) is 21.1 Å². The Labute approximate surface area is 155 Å². The zero-order chi connectivity index (χ0) is 18.7. The molecule has 0 spiro atoms. The Morgan fingerprint density at radius 1 is 1.27 bits per heavy atom. The number of benzene rings is 1. The summed E-state index contributed by atoms with van der Waals surface area (Å²) in [5, 5.41) is 0.613. The van der Waals surface area contributed by atoms with E-state index in [1.807, 2.05) is 31.2 Å². The first-order chi connectivity index (χ1) is 12.5. The summed E-state index contributed by atoms with van der Waals surface area (Å²) < 4.78 is 33.0. The van der Waals surface area contributed by atoms with Gasteiger partial charge in [-0.1, -0.05) is 23.7 Å². The summed E-state index contributed by atoms with van der Waals surface area (Å²) in [4.78, 5) is 8.29. The van der Waals surface area contributed by atoms with Crippen molar-refractivity contribution in [3.05, 3.63) is 64.8 Å². The van der Waals surface area contributed by atoms with Gasteiger partial charge in [-0.25, -0.2) is 18.7 Å². The third kappa shape index (κ3) is 4.02.